The molecule has 0 saturated heterocycles. The topological polar surface area (TPSA) is 80.9 Å². The summed E-state index contributed by atoms with van der Waals surface area (Å²) in [6.07, 6.45) is 5.44. The number of rotatable bonds is 1. The zero-order valence-corrected chi connectivity index (χ0v) is 11.0. The standard InChI is InChI=1S/C14H26O4/c15-11-6-9-13(17,10-7-11)14(18)8-4-2-1-3-5-12(14)16/h11-12,15-18H,1-10H2. The van der Waals surface area contributed by atoms with Gasteiger partial charge in [-0.25, -0.2) is 0 Å². The van der Waals surface area contributed by atoms with Crippen LogP contribution in [0.5, 0.6) is 0 Å². The molecular formula is C14H26O4. The van der Waals surface area contributed by atoms with Crippen molar-refractivity contribution in [3.05, 3.63) is 0 Å². The molecule has 4 nitrogen and oxygen atoms in total. The van der Waals surface area contributed by atoms with E-state index in [1.165, 1.54) is 0 Å². The molecule has 0 spiro atoms. The van der Waals surface area contributed by atoms with E-state index in [0.29, 0.717) is 38.5 Å². The summed E-state index contributed by atoms with van der Waals surface area (Å²) in [4.78, 5) is 0. The molecule has 2 saturated carbocycles. The van der Waals surface area contributed by atoms with E-state index in [1.54, 1.807) is 0 Å². The maximum Gasteiger partial charge on any atom is 0.119 e. The van der Waals surface area contributed by atoms with E-state index in [-0.39, 0.29) is 6.10 Å². The van der Waals surface area contributed by atoms with Gasteiger partial charge in [-0.3, -0.25) is 0 Å². The van der Waals surface area contributed by atoms with Crippen LogP contribution in [0, 0.1) is 0 Å². The largest absolute Gasteiger partial charge is 0.393 e. The van der Waals surface area contributed by atoms with Crippen molar-refractivity contribution < 1.29 is 20.4 Å². The first-order valence-corrected chi connectivity index (χ1v) is 7.29. The van der Waals surface area contributed by atoms with Gasteiger partial charge >= 0.3 is 0 Å². The van der Waals surface area contributed by atoms with Gasteiger partial charge in [-0.2, -0.15) is 0 Å². The summed E-state index contributed by atoms with van der Waals surface area (Å²) in [7, 11) is 0. The van der Waals surface area contributed by atoms with Crippen LogP contribution in [-0.2, 0) is 0 Å². The maximum atomic E-state index is 10.8. The van der Waals surface area contributed by atoms with Crippen molar-refractivity contribution in [3.8, 4) is 0 Å². The average Bonchev–Trinajstić information content (AvgIpc) is 2.34. The molecule has 2 atom stereocenters. The van der Waals surface area contributed by atoms with Gasteiger partial charge in [-0.15, -0.1) is 0 Å². The Morgan fingerprint density at radius 1 is 0.722 bits per heavy atom. The lowest BCUT2D eigenvalue weighted by Gasteiger charge is -2.49. The third-order valence-electron chi connectivity index (χ3n) is 4.92. The van der Waals surface area contributed by atoms with Crippen molar-refractivity contribution in [2.24, 2.45) is 0 Å². The molecule has 0 aromatic heterocycles. The minimum absolute atomic E-state index is 0.375. The number of hydrogen-bond donors (Lipinski definition) is 4. The molecule has 0 amide bonds. The molecule has 2 fully saturated rings. The smallest absolute Gasteiger partial charge is 0.119 e. The van der Waals surface area contributed by atoms with E-state index in [9.17, 15) is 20.4 Å². The number of aliphatic hydroxyl groups is 4. The van der Waals surface area contributed by atoms with Crippen molar-refractivity contribution in [3.63, 3.8) is 0 Å². The van der Waals surface area contributed by atoms with E-state index < -0.39 is 17.3 Å². The highest BCUT2D eigenvalue weighted by molar-refractivity contribution is 5.06. The number of aliphatic hydroxyl groups excluding tert-OH is 2. The summed E-state index contributed by atoms with van der Waals surface area (Å²) < 4.78 is 0. The first-order chi connectivity index (χ1) is 8.48. The van der Waals surface area contributed by atoms with E-state index in [4.69, 9.17) is 0 Å². The Balaban J connectivity index is 2.15. The monoisotopic (exact) mass is 258 g/mol. The van der Waals surface area contributed by atoms with Crippen LogP contribution >= 0.6 is 0 Å². The molecule has 2 rings (SSSR count). The zero-order valence-electron chi connectivity index (χ0n) is 11.0. The average molecular weight is 258 g/mol. The lowest BCUT2D eigenvalue weighted by atomic mass is 9.66. The van der Waals surface area contributed by atoms with E-state index in [2.05, 4.69) is 0 Å². The molecule has 4 N–H and O–H groups in total. The number of hydrogen-bond acceptors (Lipinski definition) is 4. The minimum atomic E-state index is -1.40. The minimum Gasteiger partial charge on any atom is -0.393 e. The van der Waals surface area contributed by atoms with Crippen LogP contribution in [0.25, 0.3) is 0 Å². The van der Waals surface area contributed by atoms with Crippen LogP contribution in [0.2, 0.25) is 0 Å². The highest BCUT2D eigenvalue weighted by Gasteiger charge is 2.54. The molecule has 0 aromatic rings. The van der Waals surface area contributed by atoms with Crippen LogP contribution in [-0.4, -0.2) is 43.8 Å². The van der Waals surface area contributed by atoms with Gasteiger partial charge in [-0.05, 0) is 38.5 Å². The Kier molecular flexibility index (Phi) is 4.32. The van der Waals surface area contributed by atoms with Crippen LogP contribution in [0.15, 0.2) is 0 Å². The summed E-state index contributed by atoms with van der Waals surface area (Å²) in [6.45, 7) is 0. The Labute approximate surface area is 109 Å². The molecule has 2 aliphatic rings. The zero-order chi connectivity index (χ0) is 13.2. The quantitative estimate of drug-likeness (QED) is 0.568. The van der Waals surface area contributed by atoms with Gasteiger partial charge in [0.15, 0.2) is 0 Å². The molecular weight excluding hydrogens is 232 g/mol. The normalized spacial score (nSPS) is 47.3. The maximum absolute atomic E-state index is 10.8. The molecule has 106 valence electrons. The Morgan fingerprint density at radius 3 is 2.00 bits per heavy atom. The van der Waals surface area contributed by atoms with Crippen molar-refractivity contribution in [1.82, 2.24) is 0 Å². The van der Waals surface area contributed by atoms with Gasteiger partial charge < -0.3 is 20.4 Å². The third-order valence-corrected chi connectivity index (χ3v) is 4.92. The fourth-order valence-corrected chi connectivity index (χ4v) is 3.55. The molecule has 0 aromatic carbocycles. The van der Waals surface area contributed by atoms with E-state index >= 15 is 0 Å². The summed E-state index contributed by atoms with van der Waals surface area (Å²) in [5.74, 6) is 0. The van der Waals surface area contributed by atoms with E-state index in [0.717, 1.165) is 25.7 Å². The van der Waals surface area contributed by atoms with Crippen LogP contribution < -0.4 is 0 Å². The van der Waals surface area contributed by atoms with Crippen molar-refractivity contribution in [2.75, 3.05) is 0 Å². The lowest BCUT2D eigenvalue weighted by molar-refractivity contribution is -0.226. The summed E-state index contributed by atoms with van der Waals surface area (Å²) >= 11 is 0. The highest BCUT2D eigenvalue weighted by atomic mass is 16.4. The van der Waals surface area contributed by atoms with Crippen molar-refractivity contribution in [2.45, 2.75) is 87.6 Å². The molecule has 0 radical (unpaired) electrons. The second-order valence-corrected chi connectivity index (χ2v) is 6.16. The van der Waals surface area contributed by atoms with Crippen molar-refractivity contribution >= 4 is 0 Å². The first-order valence-electron chi connectivity index (χ1n) is 7.29. The Hall–Kier alpha value is -0.160. The lowest BCUT2D eigenvalue weighted by Crippen LogP contribution is -2.62. The Morgan fingerprint density at radius 2 is 1.33 bits per heavy atom. The van der Waals surface area contributed by atoms with Crippen LogP contribution in [0.1, 0.15) is 64.2 Å². The molecule has 2 aliphatic carbocycles. The van der Waals surface area contributed by atoms with Gasteiger partial charge in [-0.1, -0.05) is 25.7 Å². The highest BCUT2D eigenvalue weighted by Crippen LogP contribution is 2.43. The molecule has 0 aliphatic heterocycles. The van der Waals surface area contributed by atoms with Crippen LogP contribution in [0.3, 0.4) is 0 Å². The second kappa shape index (κ2) is 5.45. The SMILES string of the molecule is OC1CCC(O)(C2(O)CCCCCCC2O)CC1. The van der Waals surface area contributed by atoms with Crippen LogP contribution in [0.4, 0.5) is 0 Å². The Bertz CT molecular complexity index is 273. The van der Waals surface area contributed by atoms with Gasteiger partial charge in [0.05, 0.1) is 17.8 Å². The predicted octanol–water partition coefficient (Wildman–Crippen LogP) is 1.10. The summed E-state index contributed by atoms with van der Waals surface area (Å²) in [6, 6.07) is 0. The fourth-order valence-electron chi connectivity index (χ4n) is 3.55. The fraction of sp³-hybridized carbons (Fsp3) is 1.00. The molecule has 0 bridgehead atoms. The molecule has 0 heterocycles. The second-order valence-electron chi connectivity index (χ2n) is 6.16. The summed E-state index contributed by atoms with van der Waals surface area (Å²) in [5, 5.41) is 41.4. The molecule has 4 heteroatoms. The van der Waals surface area contributed by atoms with Crippen molar-refractivity contribution in [1.29, 1.82) is 0 Å². The van der Waals surface area contributed by atoms with Gasteiger partial charge in [0, 0.05) is 0 Å². The third kappa shape index (κ3) is 2.57. The van der Waals surface area contributed by atoms with Gasteiger partial charge in [0.25, 0.3) is 0 Å². The van der Waals surface area contributed by atoms with Gasteiger partial charge in [0.2, 0.25) is 0 Å². The molecule has 18 heavy (non-hydrogen) atoms. The molecule has 2 unspecified atom stereocenters. The predicted molar refractivity (Wildman–Crippen MR) is 68.1 cm³/mol. The van der Waals surface area contributed by atoms with E-state index in [1.807, 2.05) is 0 Å². The summed E-state index contributed by atoms with van der Waals surface area (Å²) in [5.41, 5.74) is -2.63. The van der Waals surface area contributed by atoms with Gasteiger partial charge in [0.1, 0.15) is 5.60 Å². The first kappa shape index (κ1) is 14.3.